The van der Waals surface area contributed by atoms with E-state index in [0.29, 0.717) is 49.6 Å². The predicted molar refractivity (Wildman–Crippen MR) is 106 cm³/mol. The molecule has 2 saturated heterocycles. The molecular formula is C18H26N4O5S. The Morgan fingerprint density at radius 2 is 2.04 bits per heavy atom. The normalized spacial score (nSPS) is 20.4. The number of ether oxygens (including phenoxy) is 1. The van der Waals surface area contributed by atoms with Crippen molar-refractivity contribution >= 4 is 33.3 Å². The molecule has 0 radical (unpaired) electrons. The molecule has 1 atom stereocenters. The van der Waals surface area contributed by atoms with Gasteiger partial charge in [-0.05, 0) is 37.5 Å². The summed E-state index contributed by atoms with van der Waals surface area (Å²) in [5, 5.41) is 2.84. The number of amides is 3. The van der Waals surface area contributed by atoms with E-state index in [-0.39, 0.29) is 18.0 Å². The number of methoxy groups -OCH3 is 1. The van der Waals surface area contributed by atoms with Crippen LogP contribution in [-0.2, 0) is 14.8 Å². The minimum absolute atomic E-state index is 0.0347. The maximum atomic E-state index is 12.7. The topological polar surface area (TPSA) is 108 Å². The summed E-state index contributed by atoms with van der Waals surface area (Å²) < 4.78 is 30.8. The van der Waals surface area contributed by atoms with Gasteiger partial charge in [-0.3, -0.25) is 4.79 Å². The summed E-state index contributed by atoms with van der Waals surface area (Å²) >= 11 is 0. The molecule has 2 fully saturated rings. The van der Waals surface area contributed by atoms with E-state index >= 15 is 0 Å². The van der Waals surface area contributed by atoms with Crippen molar-refractivity contribution in [2.75, 3.05) is 43.2 Å². The third-order valence-electron chi connectivity index (χ3n) is 4.88. The Labute approximate surface area is 165 Å². The lowest BCUT2D eigenvalue weighted by Gasteiger charge is -2.32. The SMILES string of the molecule is COc1ccc(NC(=O)N2CCC[C@@H](NS(C)(=O)=O)C2)cc1N1CCCC1=O. The molecule has 9 nitrogen and oxygen atoms in total. The second-order valence-corrected chi connectivity index (χ2v) is 8.92. The monoisotopic (exact) mass is 410 g/mol. The fraction of sp³-hybridized carbons (Fsp3) is 0.556. The number of hydrogen-bond acceptors (Lipinski definition) is 5. The molecule has 2 aliphatic rings. The highest BCUT2D eigenvalue weighted by molar-refractivity contribution is 7.88. The van der Waals surface area contributed by atoms with Gasteiger partial charge in [0, 0.05) is 37.8 Å². The number of carbonyl (C=O) groups is 2. The van der Waals surface area contributed by atoms with E-state index in [0.717, 1.165) is 19.1 Å². The first-order valence-corrected chi connectivity index (χ1v) is 11.2. The number of anilines is 2. The van der Waals surface area contributed by atoms with Gasteiger partial charge in [-0.1, -0.05) is 0 Å². The van der Waals surface area contributed by atoms with Gasteiger partial charge < -0.3 is 19.9 Å². The van der Waals surface area contributed by atoms with Crippen molar-refractivity contribution in [3.63, 3.8) is 0 Å². The fourth-order valence-corrected chi connectivity index (χ4v) is 4.44. The van der Waals surface area contributed by atoms with Crippen LogP contribution in [0.1, 0.15) is 25.7 Å². The molecule has 0 unspecified atom stereocenters. The third-order valence-corrected chi connectivity index (χ3v) is 5.65. The van der Waals surface area contributed by atoms with E-state index in [4.69, 9.17) is 4.74 Å². The van der Waals surface area contributed by atoms with E-state index in [2.05, 4.69) is 10.0 Å². The quantitative estimate of drug-likeness (QED) is 0.762. The maximum Gasteiger partial charge on any atom is 0.321 e. The van der Waals surface area contributed by atoms with Crippen LogP contribution in [0.15, 0.2) is 18.2 Å². The largest absolute Gasteiger partial charge is 0.495 e. The summed E-state index contributed by atoms with van der Waals surface area (Å²) in [6.07, 6.45) is 3.82. The number of urea groups is 1. The van der Waals surface area contributed by atoms with Gasteiger partial charge in [-0.15, -0.1) is 0 Å². The van der Waals surface area contributed by atoms with Crippen molar-refractivity contribution < 1.29 is 22.7 Å². The van der Waals surface area contributed by atoms with Crippen LogP contribution in [0.4, 0.5) is 16.2 Å². The number of hydrogen-bond donors (Lipinski definition) is 2. The molecule has 154 valence electrons. The molecule has 28 heavy (non-hydrogen) atoms. The van der Waals surface area contributed by atoms with Crippen LogP contribution >= 0.6 is 0 Å². The fourth-order valence-electron chi connectivity index (χ4n) is 3.64. The van der Waals surface area contributed by atoms with E-state index in [1.54, 1.807) is 35.1 Å². The van der Waals surface area contributed by atoms with Crippen LogP contribution in [0.3, 0.4) is 0 Å². The van der Waals surface area contributed by atoms with E-state index in [1.807, 2.05) is 0 Å². The van der Waals surface area contributed by atoms with Gasteiger partial charge in [0.05, 0.1) is 19.1 Å². The number of nitrogens with one attached hydrogen (secondary N) is 2. The molecule has 0 spiro atoms. The lowest BCUT2D eigenvalue weighted by atomic mass is 10.1. The minimum Gasteiger partial charge on any atom is -0.495 e. The van der Waals surface area contributed by atoms with Crippen molar-refractivity contribution in [1.29, 1.82) is 0 Å². The first kappa shape index (κ1) is 20.4. The Morgan fingerprint density at radius 1 is 1.25 bits per heavy atom. The van der Waals surface area contributed by atoms with Crippen LogP contribution in [0.2, 0.25) is 0 Å². The average Bonchev–Trinajstić information content (AvgIpc) is 3.06. The Morgan fingerprint density at radius 3 is 2.68 bits per heavy atom. The Hall–Kier alpha value is -2.33. The standard InChI is InChI=1S/C18H26N4O5S/c1-27-16-8-7-13(11-15(16)22-10-4-6-17(22)23)19-18(24)21-9-3-5-14(12-21)20-28(2,25)26/h7-8,11,14,20H,3-6,9-10,12H2,1-2H3,(H,19,24)/t14-/m1/s1. The van der Waals surface area contributed by atoms with Crippen LogP contribution in [0, 0.1) is 0 Å². The number of rotatable bonds is 5. The molecule has 2 heterocycles. The Kier molecular flexibility index (Phi) is 6.09. The van der Waals surface area contributed by atoms with Gasteiger partial charge in [0.15, 0.2) is 0 Å². The number of nitrogens with zero attached hydrogens (tertiary/aromatic N) is 2. The van der Waals surface area contributed by atoms with Crippen LogP contribution in [-0.4, -0.2) is 64.3 Å². The van der Waals surface area contributed by atoms with E-state index in [1.165, 1.54) is 0 Å². The van der Waals surface area contributed by atoms with Crippen molar-refractivity contribution in [2.45, 2.75) is 31.7 Å². The highest BCUT2D eigenvalue weighted by atomic mass is 32.2. The van der Waals surface area contributed by atoms with Gasteiger partial charge >= 0.3 is 6.03 Å². The third kappa shape index (κ3) is 4.93. The number of likely N-dealkylation sites (tertiary alicyclic amines) is 1. The molecule has 2 N–H and O–H groups in total. The average molecular weight is 410 g/mol. The molecule has 0 saturated carbocycles. The highest BCUT2D eigenvalue weighted by Gasteiger charge is 2.27. The van der Waals surface area contributed by atoms with Crippen LogP contribution in [0.25, 0.3) is 0 Å². The first-order chi connectivity index (χ1) is 13.3. The predicted octanol–water partition coefficient (Wildman–Crippen LogP) is 1.37. The van der Waals surface area contributed by atoms with E-state index < -0.39 is 10.0 Å². The molecule has 2 aliphatic heterocycles. The molecule has 0 aliphatic carbocycles. The smallest absolute Gasteiger partial charge is 0.321 e. The summed E-state index contributed by atoms with van der Waals surface area (Å²) in [6.45, 7) is 1.49. The van der Waals surface area contributed by atoms with Crippen LogP contribution < -0.4 is 19.7 Å². The molecule has 1 aromatic rings. The molecule has 0 aromatic heterocycles. The Balaban J connectivity index is 1.70. The van der Waals surface area contributed by atoms with Gasteiger partial charge in [-0.25, -0.2) is 17.9 Å². The summed E-state index contributed by atoms with van der Waals surface area (Å²) in [7, 11) is -1.78. The zero-order valence-corrected chi connectivity index (χ0v) is 16.9. The summed E-state index contributed by atoms with van der Waals surface area (Å²) in [6, 6.07) is 4.58. The van der Waals surface area contributed by atoms with E-state index in [9.17, 15) is 18.0 Å². The Bertz CT molecular complexity index is 858. The van der Waals surface area contributed by atoms with Crippen molar-refractivity contribution in [2.24, 2.45) is 0 Å². The van der Waals surface area contributed by atoms with Gasteiger partial charge in [0.2, 0.25) is 15.9 Å². The molecule has 1 aromatic carbocycles. The molecule has 3 amide bonds. The number of sulfonamides is 1. The second kappa shape index (κ2) is 8.36. The lowest BCUT2D eigenvalue weighted by molar-refractivity contribution is -0.117. The lowest BCUT2D eigenvalue weighted by Crippen LogP contribution is -2.50. The zero-order valence-electron chi connectivity index (χ0n) is 16.1. The minimum atomic E-state index is -3.32. The van der Waals surface area contributed by atoms with Crippen molar-refractivity contribution in [3.05, 3.63) is 18.2 Å². The van der Waals surface area contributed by atoms with Crippen LogP contribution in [0.5, 0.6) is 5.75 Å². The van der Waals surface area contributed by atoms with Gasteiger partial charge in [0.1, 0.15) is 5.75 Å². The second-order valence-electron chi connectivity index (χ2n) is 7.14. The summed E-state index contributed by atoms with van der Waals surface area (Å²) in [5.41, 5.74) is 1.19. The van der Waals surface area contributed by atoms with Crippen molar-refractivity contribution in [3.8, 4) is 5.75 Å². The maximum absolute atomic E-state index is 12.7. The van der Waals surface area contributed by atoms with Gasteiger partial charge in [-0.2, -0.15) is 0 Å². The molecule has 0 bridgehead atoms. The first-order valence-electron chi connectivity index (χ1n) is 9.28. The number of carbonyl (C=O) groups excluding carboxylic acids is 2. The molecule has 10 heteroatoms. The summed E-state index contributed by atoms with van der Waals surface area (Å²) in [5.74, 6) is 0.608. The van der Waals surface area contributed by atoms with Crippen molar-refractivity contribution in [1.82, 2.24) is 9.62 Å². The highest BCUT2D eigenvalue weighted by Crippen LogP contribution is 2.34. The number of benzene rings is 1. The number of piperidine rings is 1. The molecule has 3 rings (SSSR count). The molecular weight excluding hydrogens is 384 g/mol. The van der Waals surface area contributed by atoms with Gasteiger partial charge in [0.25, 0.3) is 0 Å². The summed E-state index contributed by atoms with van der Waals surface area (Å²) in [4.78, 5) is 28.0. The zero-order chi connectivity index (χ0) is 20.3.